The number of alkyl halides is 3. The molecular formula is C5H8F3N2+. The summed E-state index contributed by atoms with van der Waals surface area (Å²) in [6, 6.07) is -1.35. The van der Waals surface area contributed by atoms with Crippen LogP contribution in [0.4, 0.5) is 13.2 Å². The molecule has 1 heterocycles. The van der Waals surface area contributed by atoms with Crippen molar-refractivity contribution in [1.29, 1.82) is 0 Å². The summed E-state index contributed by atoms with van der Waals surface area (Å²) in [6.45, 7) is 0. The molecular weight excluding hydrogens is 145 g/mol. The summed E-state index contributed by atoms with van der Waals surface area (Å²) in [5, 5.41) is 3.52. The molecule has 0 saturated carbocycles. The Morgan fingerprint density at radius 3 is 2.40 bits per heavy atom. The molecule has 0 fully saturated rings. The van der Waals surface area contributed by atoms with E-state index in [1.54, 1.807) is 0 Å². The summed E-state index contributed by atoms with van der Waals surface area (Å²) in [5.41, 5.74) is 0. The van der Waals surface area contributed by atoms with Gasteiger partial charge < -0.3 is 0 Å². The number of hydrogen-bond donors (Lipinski definition) is 1. The van der Waals surface area contributed by atoms with Crippen molar-refractivity contribution in [3.05, 3.63) is 0 Å². The highest BCUT2D eigenvalue weighted by Crippen LogP contribution is 2.24. The molecule has 1 rings (SSSR count). The quantitative estimate of drug-likeness (QED) is 0.488. The Hall–Kier alpha value is -0.740. The maximum atomic E-state index is 11.9. The number of hydrazine groups is 1. The van der Waals surface area contributed by atoms with Crippen molar-refractivity contribution >= 4 is 6.21 Å². The molecule has 0 bridgehead atoms. The first kappa shape index (κ1) is 7.37. The van der Waals surface area contributed by atoms with Gasteiger partial charge in [0.1, 0.15) is 0 Å². The largest absolute Gasteiger partial charge is 0.414 e. The van der Waals surface area contributed by atoms with Crippen LogP contribution in [0.25, 0.3) is 0 Å². The van der Waals surface area contributed by atoms with Crippen LogP contribution in [0, 0.1) is 0 Å². The fourth-order valence-electron chi connectivity index (χ4n) is 0.910. The lowest BCUT2D eigenvalue weighted by atomic mass is 10.2. The molecule has 0 aromatic rings. The molecule has 1 N–H and O–H groups in total. The van der Waals surface area contributed by atoms with E-state index in [4.69, 9.17) is 0 Å². The zero-order valence-corrected chi connectivity index (χ0v) is 5.44. The van der Waals surface area contributed by atoms with E-state index in [2.05, 4.69) is 5.10 Å². The molecule has 5 heteroatoms. The van der Waals surface area contributed by atoms with Crippen LogP contribution in [0.2, 0.25) is 0 Å². The summed E-state index contributed by atoms with van der Waals surface area (Å²) in [5.74, 6) is 0. The van der Waals surface area contributed by atoms with Crippen LogP contribution in [0.3, 0.4) is 0 Å². The van der Waals surface area contributed by atoms with Crippen molar-refractivity contribution in [2.75, 3.05) is 7.05 Å². The van der Waals surface area contributed by atoms with E-state index < -0.39 is 12.2 Å². The van der Waals surface area contributed by atoms with Gasteiger partial charge in [-0.05, 0) is 0 Å². The SMILES string of the molecule is CN1[NH+]=CCC1C(F)(F)F. The van der Waals surface area contributed by atoms with Gasteiger partial charge in [-0.15, -0.1) is 5.10 Å². The molecule has 0 spiro atoms. The predicted octanol–water partition coefficient (Wildman–Crippen LogP) is -0.681. The normalized spacial score (nSPS) is 26.0. The van der Waals surface area contributed by atoms with Gasteiger partial charge in [0, 0.05) is 0 Å². The van der Waals surface area contributed by atoms with E-state index in [9.17, 15) is 13.2 Å². The highest BCUT2D eigenvalue weighted by atomic mass is 19.4. The molecule has 2 nitrogen and oxygen atoms in total. The van der Waals surface area contributed by atoms with Gasteiger partial charge in [-0.1, -0.05) is 0 Å². The monoisotopic (exact) mass is 153 g/mol. The van der Waals surface area contributed by atoms with Gasteiger partial charge in [0.2, 0.25) is 0 Å². The second-order valence-electron chi connectivity index (χ2n) is 2.24. The fourth-order valence-corrected chi connectivity index (χ4v) is 0.910. The first-order valence-electron chi connectivity index (χ1n) is 2.89. The molecule has 0 aromatic heterocycles. The van der Waals surface area contributed by atoms with Gasteiger partial charge in [0.15, 0.2) is 12.3 Å². The van der Waals surface area contributed by atoms with E-state index in [1.165, 1.54) is 13.3 Å². The van der Waals surface area contributed by atoms with Gasteiger partial charge in [0.25, 0.3) is 0 Å². The van der Waals surface area contributed by atoms with Crippen LogP contribution in [0.5, 0.6) is 0 Å². The third-order valence-electron chi connectivity index (χ3n) is 1.48. The maximum absolute atomic E-state index is 11.9. The third kappa shape index (κ3) is 1.22. The highest BCUT2D eigenvalue weighted by molar-refractivity contribution is 5.52. The Balaban J connectivity index is 2.60. The van der Waals surface area contributed by atoms with E-state index in [0.717, 1.165) is 5.01 Å². The lowest BCUT2D eigenvalue weighted by Gasteiger charge is -2.16. The Kier molecular flexibility index (Phi) is 1.58. The van der Waals surface area contributed by atoms with Crippen LogP contribution in [-0.2, 0) is 0 Å². The predicted molar refractivity (Wildman–Crippen MR) is 29.2 cm³/mol. The van der Waals surface area contributed by atoms with Gasteiger partial charge in [0.05, 0.1) is 13.5 Å². The zero-order valence-electron chi connectivity index (χ0n) is 5.44. The molecule has 0 saturated heterocycles. The molecule has 1 unspecified atom stereocenters. The molecule has 0 aliphatic carbocycles. The Morgan fingerprint density at radius 1 is 1.60 bits per heavy atom. The van der Waals surface area contributed by atoms with E-state index in [0.29, 0.717) is 0 Å². The molecule has 1 atom stereocenters. The van der Waals surface area contributed by atoms with Crippen molar-refractivity contribution in [3.8, 4) is 0 Å². The van der Waals surface area contributed by atoms with Gasteiger partial charge in [-0.25, -0.2) is 0 Å². The maximum Gasteiger partial charge on any atom is 0.414 e. The smallest absolute Gasteiger partial charge is 0.179 e. The average molecular weight is 153 g/mol. The number of nitrogens with one attached hydrogen (secondary N) is 1. The van der Waals surface area contributed by atoms with Crippen molar-refractivity contribution < 1.29 is 18.3 Å². The molecule has 1 aliphatic heterocycles. The highest BCUT2D eigenvalue weighted by Gasteiger charge is 2.46. The minimum Gasteiger partial charge on any atom is -0.179 e. The molecule has 0 aromatic carbocycles. The first-order valence-corrected chi connectivity index (χ1v) is 2.89. The van der Waals surface area contributed by atoms with Crippen LogP contribution in [0.1, 0.15) is 6.42 Å². The van der Waals surface area contributed by atoms with Crippen LogP contribution in [-0.4, -0.2) is 30.5 Å². The molecule has 10 heavy (non-hydrogen) atoms. The summed E-state index contributed by atoms with van der Waals surface area (Å²) in [6.07, 6.45) is -2.69. The summed E-state index contributed by atoms with van der Waals surface area (Å²) in [7, 11) is 1.38. The minimum absolute atomic E-state index is 0.0278. The van der Waals surface area contributed by atoms with Crippen molar-refractivity contribution in [3.63, 3.8) is 0 Å². The van der Waals surface area contributed by atoms with Gasteiger partial charge >= 0.3 is 6.18 Å². The number of hydrogen-bond acceptors (Lipinski definition) is 1. The van der Waals surface area contributed by atoms with Crippen molar-refractivity contribution in [2.24, 2.45) is 0 Å². The second-order valence-corrected chi connectivity index (χ2v) is 2.24. The van der Waals surface area contributed by atoms with E-state index >= 15 is 0 Å². The van der Waals surface area contributed by atoms with Crippen molar-refractivity contribution in [2.45, 2.75) is 18.6 Å². The van der Waals surface area contributed by atoms with Crippen LogP contribution < -0.4 is 5.10 Å². The summed E-state index contributed by atoms with van der Waals surface area (Å²) < 4.78 is 35.7. The Bertz CT molecular complexity index is 151. The van der Waals surface area contributed by atoms with Crippen molar-refractivity contribution in [1.82, 2.24) is 5.01 Å². The second kappa shape index (κ2) is 2.14. The van der Waals surface area contributed by atoms with Gasteiger partial charge in [-0.2, -0.15) is 18.2 Å². The lowest BCUT2D eigenvalue weighted by molar-refractivity contribution is -0.639. The Labute approximate surface area is 56.3 Å². The van der Waals surface area contributed by atoms with Crippen LogP contribution >= 0.6 is 0 Å². The Morgan fingerprint density at radius 2 is 2.20 bits per heavy atom. The topological polar surface area (TPSA) is 17.2 Å². The molecule has 0 radical (unpaired) electrons. The van der Waals surface area contributed by atoms with Crippen LogP contribution in [0.15, 0.2) is 0 Å². The molecule has 0 amide bonds. The third-order valence-corrected chi connectivity index (χ3v) is 1.48. The minimum atomic E-state index is -4.12. The van der Waals surface area contributed by atoms with E-state index in [1.807, 2.05) is 0 Å². The number of rotatable bonds is 0. The number of halogens is 3. The standard InChI is InChI=1S/C5H7F3N2/c1-10-4(2-3-9-10)5(6,7)8/h3-4H,2H2,1H3/p+1. The lowest BCUT2D eigenvalue weighted by Crippen LogP contribution is -2.79. The molecule has 1 aliphatic rings. The van der Waals surface area contributed by atoms with E-state index in [-0.39, 0.29) is 6.42 Å². The number of nitrogens with zero attached hydrogens (tertiary/aromatic N) is 1. The first-order chi connectivity index (χ1) is 4.52. The number of hydrazone groups is 1. The zero-order chi connectivity index (χ0) is 7.78. The average Bonchev–Trinajstić information content (AvgIpc) is 2.11. The summed E-state index contributed by atoms with van der Waals surface area (Å²) >= 11 is 0. The fraction of sp³-hybridized carbons (Fsp3) is 0.800. The molecule has 58 valence electrons. The van der Waals surface area contributed by atoms with Gasteiger partial charge in [-0.3, -0.25) is 0 Å². The summed E-state index contributed by atoms with van der Waals surface area (Å²) in [4.78, 5) is 0.